The van der Waals surface area contributed by atoms with Crippen LogP contribution in [0.2, 0.25) is 0 Å². The highest BCUT2D eigenvalue weighted by molar-refractivity contribution is 7.22. The Balaban J connectivity index is 1.83. The number of rotatable bonds is 9. The van der Waals surface area contributed by atoms with Gasteiger partial charge in [0.2, 0.25) is 5.91 Å². The molecule has 0 atom stereocenters. The lowest BCUT2D eigenvalue weighted by atomic mass is 10.1. The van der Waals surface area contributed by atoms with Gasteiger partial charge in [-0.15, -0.1) is 0 Å². The highest BCUT2D eigenvalue weighted by Gasteiger charge is 2.21. The Morgan fingerprint density at radius 3 is 2.57 bits per heavy atom. The number of likely N-dealkylation sites (N-methyl/N-ethyl adjacent to an activating group) is 1. The highest BCUT2D eigenvalue weighted by atomic mass is 32.1. The summed E-state index contributed by atoms with van der Waals surface area (Å²) in [4.78, 5) is 21.7. The van der Waals surface area contributed by atoms with Crippen molar-refractivity contribution in [2.45, 2.75) is 19.8 Å². The minimum absolute atomic E-state index is 0.0997. The summed E-state index contributed by atoms with van der Waals surface area (Å²) in [6.45, 7) is 3.95. The maximum absolute atomic E-state index is 13.1. The summed E-state index contributed by atoms with van der Waals surface area (Å²) in [5, 5.41) is 0.738. The molecule has 5 nitrogen and oxygen atoms in total. The summed E-state index contributed by atoms with van der Waals surface area (Å²) in [5.41, 5.74) is 2.00. The largest absolute Gasteiger partial charge is 0.492 e. The Hall–Kier alpha value is -2.44. The zero-order chi connectivity index (χ0) is 19.9. The normalized spacial score (nSPS) is 11.1. The van der Waals surface area contributed by atoms with Crippen molar-refractivity contribution in [3.05, 3.63) is 54.1 Å². The molecule has 3 rings (SSSR count). The van der Waals surface area contributed by atoms with E-state index in [1.54, 1.807) is 11.3 Å². The van der Waals surface area contributed by atoms with E-state index >= 15 is 0 Å². The van der Waals surface area contributed by atoms with Crippen molar-refractivity contribution in [1.29, 1.82) is 0 Å². The molecule has 0 aliphatic carbocycles. The van der Waals surface area contributed by atoms with Gasteiger partial charge in [0.25, 0.3) is 0 Å². The molecule has 0 saturated carbocycles. The number of hydrogen-bond donors (Lipinski definition) is 0. The molecule has 2 aromatic carbocycles. The quantitative estimate of drug-likeness (QED) is 0.542. The van der Waals surface area contributed by atoms with Gasteiger partial charge in [-0.1, -0.05) is 47.7 Å². The molecule has 1 heterocycles. The molecule has 0 saturated heterocycles. The molecule has 0 N–H and O–H groups in total. The summed E-state index contributed by atoms with van der Waals surface area (Å²) >= 11 is 1.54. The first-order valence-corrected chi connectivity index (χ1v) is 10.4. The number of ether oxygens (including phenoxy) is 1. The van der Waals surface area contributed by atoms with Crippen LogP contribution in [0.25, 0.3) is 10.2 Å². The monoisotopic (exact) mass is 397 g/mol. The molecule has 0 aliphatic heterocycles. The Morgan fingerprint density at radius 2 is 1.86 bits per heavy atom. The van der Waals surface area contributed by atoms with Crippen LogP contribution >= 0.6 is 11.3 Å². The number of benzene rings is 2. The molecule has 6 heteroatoms. The molecule has 3 aromatic rings. The van der Waals surface area contributed by atoms with Crippen molar-refractivity contribution in [2.75, 3.05) is 38.7 Å². The summed E-state index contributed by atoms with van der Waals surface area (Å²) in [7, 11) is 4.02. The fourth-order valence-corrected chi connectivity index (χ4v) is 3.98. The van der Waals surface area contributed by atoms with Gasteiger partial charge < -0.3 is 9.64 Å². The molecule has 0 bridgehead atoms. The van der Waals surface area contributed by atoms with E-state index in [0.29, 0.717) is 19.6 Å². The number of amides is 1. The van der Waals surface area contributed by atoms with Crippen LogP contribution in [0.15, 0.2) is 48.5 Å². The number of hydrogen-bond acceptors (Lipinski definition) is 5. The first-order valence-electron chi connectivity index (χ1n) is 9.60. The topological polar surface area (TPSA) is 45.7 Å². The van der Waals surface area contributed by atoms with Crippen LogP contribution < -0.4 is 9.64 Å². The fourth-order valence-electron chi connectivity index (χ4n) is 2.96. The summed E-state index contributed by atoms with van der Waals surface area (Å²) in [6, 6.07) is 16.0. The number of aryl methyl sites for hydroxylation is 1. The van der Waals surface area contributed by atoms with Crippen molar-refractivity contribution in [1.82, 2.24) is 9.88 Å². The van der Waals surface area contributed by atoms with Gasteiger partial charge in [-0.3, -0.25) is 9.69 Å². The van der Waals surface area contributed by atoms with Crippen LogP contribution in [0.3, 0.4) is 0 Å². The second kappa shape index (κ2) is 9.66. The first-order chi connectivity index (χ1) is 13.6. The van der Waals surface area contributed by atoms with Crippen molar-refractivity contribution in [2.24, 2.45) is 0 Å². The van der Waals surface area contributed by atoms with Gasteiger partial charge in [-0.2, -0.15) is 0 Å². The van der Waals surface area contributed by atoms with Gasteiger partial charge in [-0.05, 0) is 45.1 Å². The minimum atomic E-state index is 0.0997. The minimum Gasteiger partial charge on any atom is -0.492 e. The lowest BCUT2D eigenvalue weighted by Gasteiger charge is -2.22. The molecule has 0 fully saturated rings. The van der Waals surface area contributed by atoms with Crippen molar-refractivity contribution < 1.29 is 9.53 Å². The van der Waals surface area contributed by atoms with Crippen LogP contribution in [0.5, 0.6) is 5.75 Å². The van der Waals surface area contributed by atoms with E-state index in [0.717, 1.165) is 34.1 Å². The lowest BCUT2D eigenvalue weighted by Crippen LogP contribution is -2.36. The number of aromatic nitrogens is 1. The SMILES string of the molecule is CCOc1cccc2sc(N(CCN(C)C)C(=O)CCc3ccccc3)nc12. The lowest BCUT2D eigenvalue weighted by molar-refractivity contribution is -0.118. The van der Waals surface area contributed by atoms with Crippen molar-refractivity contribution in [3.63, 3.8) is 0 Å². The Morgan fingerprint density at radius 1 is 1.07 bits per heavy atom. The van der Waals surface area contributed by atoms with Gasteiger partial charge in [0, 0.05) is 19.5 Å². The van der Waals surface area contributed by atoms with Gasteiger partial charge >= 0.3 is 0 Å². The number of fused-ring (bicyclic) bond motifs is 1. The van der Waals surface area contributed by atoms with Gasteiger partial charge in [-0.25, -0.2) is 4.98 Å². The molecule has 1 aromatic heterocycles. The van der Waals surface area contributed by atoms with E-state index in [9.17, 15) is 4.79 Å². The molecule has 0 spiro atoms. The Bertz CT molecular complexity index is 909. The third kappa shape index (κ3) is 5.09. The highest BCUT2D eigenvalue weighted by Crippen LogP contribution is 2.34. The number of nitrogens with zero attached hydrogens (tertiary/aromatic N) is 3. The average molecular weight is 398 g/mol. The third-order valence-electron chi connectivity index (χ3n) is 4.44. The van der Waals surface area contributed by atoms with Crippen LogP contribution in [-0.4, -0.2) is 49.6 Å². The Kier molecular flexibility index (Phi) is 7.01. The molecule has 0 unspecified atom stereocenters. The molecule has 0 aliphatic rings. The Labute approximate surface area is 170 Å². The summed E-state index contributed by atoms with van der Waals surface area (Å²) < 4.78 is 6.74. The maximum Gasteiger partial charge on any atom is 0.229 e. The van der Waals surface area contributed by atoms with Gasteiger partial charge in [0.05, 0.1) is 11.3 Å². The van der Waals surface area contributed by atoms with Crippen LogP contribution in [0.1, 0.15) is 18.9 Å². The maximum atomic E-state index is 13.1. The fraction of sp³-hybridized carbons (Fsp3) is 0.364. The molecule has 28 heavy (non-hydrogen) atoms. The second-order valence-corrected chi connectivity index (χ2v) is 7.88. The molecule has 1 amide bonds. The van der Waals surface area contributed by atoms with E-state index in [-0.39, 0.29) is 5.91 Å². The number of anilines is 1. The molecular weight excluding hydrogens is 370 g/mol. The van der Waals surface area contributed by atoms with Crippen LogP contribution in [0.4, 0.5) is 5.13 Å². The van der Waals surface area contributed by atoms with Crippen LogP contribution in [-0.2, 0) is 11.2 Å². The predicted octanol–water partition coefficient (Wildman–Crippen LogP) is 4.22. The first kappa shape index (κ1) is 20.3. The molecular formula is C22H27N3O2S. The zero-order valence-corrected chi connectivity index (χ0v) is 17.5. The standard InChI is InChI=1S/C22H27N3O2S/c1-4-27-18-11-8-12-19-21(18)23-22(28-19)25(16-15-24(2)3)20(26)14-13-17-9-6-5-7-10-17/h5-12H,4,13-16H2,1-3H3. The summed E-state index contributed by atoms with van der Waals surface area (Å²) in [6.07, 6.45) is 1.19. The number of carbonyl (C=O) groups excluding carboxylic acids is 1. The van der Waals surface area contributed by atoms with E-state index in [1.165, 1.54) is 5.56 Å². The van der Waals surface area contributed by atoms with E-state index in [2.05, 4.69) is 17.0 Å². The van der Waals surface area contributed by atoms with Crippen molar-refractivity contribution >= 4 is 32.6 Å². The molecule has 0 radical (unpaired) electrons. The van der Waals surface area contributed by atoms with Crippen LogP contribution in [0, 0.1) is 0 Å². The summed E-state index contributed by atoms with van der Waals surface area (Å²) in [5.74, 6) is 0.870. The van der Waals surface area contributed by atoms with Crippen molar-refractivity contribution in [3.8, 4) is 5.75 Å². The smallest absolute Gasteiger partial charge is 0.229 e. The van der Waals surface area contributed by atoms with E-state index in [4.69, 9.17) is 9.72 Å². The predicted molar refractivity (Wildman–Crippen MR) is 116 cm³/mol. The average Bonchev–Trinajstić information content (AvgIpc) is 3.12. The number of carbonyl (C=O) groups is 1. The van der Waals surface area contributed by atoms with E-state index in [1.807, 2.05) is 62.3 Å². The molecule has 148 valence electrons. The van der Waals surface area contributed by atoms with Gasteiger partial charge in [0.1, 0.15) is 11.3 Å². The van der Waals surface area contributed by atoms with Gasteiger partial charge in [0.15, 0.2) is 5.13 Å². The van der Waals surface area contributed by atoms with E-state index < -0.39 is 0 Å². The second-order valence-electron chi connectivity index (χ2n) is 6.87. The third-order valence-corrected chi connectivity index (χ3v) is 5.49. The number of thiazole rings is 1. The number of para-hydroxylation sites is 1. The zero-order valence-electron chi connectivity index (χ0n) is 16.7.